The summed E-state index contributed by atoms with van der Waals surface area (Å²) in [6, 6.07) is 6.73. The molecule has 2 atom stereocenters. The molecule has 2 aromatic rings. The fourth-order valence-corrected chi connectivity index (χ4v) is 3.87. The van der Waals surface area contributed by atoms with E-state index in [2.05, 4.69) is 28.5 Å². The van der Waals surface area contributed by atoms with E-state index in [9.17, 15) is 18.0 Å². The second-order valence-electron chi connectivity index (χ2n) is 8.49. The summed E-state index contributed by atoms with van der Waals surface area (Å²) in [6.07, 6.45) is 5.21. The maximum absolute atomic E-state index is 12.4. The lowest BCUT2D eigenvalue weighted by atomic mass is 9.88. The smallest absolute Gasteiger partial charge is 0.372 e. The van der Waals surface area contributed by atoms with Crippen molar-refractivity contribution in [2.75, 3.05) is 5.32 Å². The molecule has 0 bridgehead atoms. The van der Waals surface area contributed by atoms with E-state index in [1.165, 1.54) is 44.0 Å². The highest BCUT2D eigenvalue weighted by molar-refractivity contribution is 5.97. The molecule has 178 valence electrons. The van der Waals surface area contributed by atoms with Crippen LogP contribution in [-0.2, 0) is 10.9 Å². The van der Waals surface area contributed by atoms with E-state index in [0.29, 0.717) is 11.8 Å². The molecular formula is C23H28F3N5O2. The van der Waals surface area contributed by atoms with E-state index in [1.807, 2.05) is 0 Å². The molecule has 2 unspecified atom stereocenters. The SMILES string of the molecule is CCC1(OC2CCCC(C#N)C2)CC1.NC(=O)c1cn[nH]c1Nc1ccc(C(F)(F)F)cc1. The van der Waals surface area contributed by atoms with Crippen LogP contribution >= 0.6 is 0 Å². The number of rotatable bonds is 6. The van der Waals surface area contributed by atoms with Gasteiger partial charge in [-0.3, -0.25) is 9.89 Å². The first-order valence-corrected chi connectivity index (χ1v) is 11.0. The average molecular weight is 464 g/mol. The van der Waals surface area contributed by atoms with Crippen LogP contribution < -0.4 is 11.1 Å². The summed E-state index contributed by atoms with van der Waals surface area (Å²) in [4.78, 5) is 11.0. The van der Waals surface area contributed by atoms with Gasteiger partial charge in [-0.05, 0) is 69.2 Å². The molecule has 2 saturated carbocycles. The van der Waals surface area contributed by atoms with Gasteiger partial charge in [0.25, 0.3) is 5.91 Å². The molecule has 33 heavy (non-hydrogen) atoms. The van der Waals surface area contributed by atoms with Crippen LogP contribution in [-0.4, -0.2) is 27.8 Å². The van der Waals surface area contributed by atoms with Gasteiger partial charge in [-0.2, -0.15) is 23.5 Å². The molecule has 0 saturated heterocycles. The summed E-state index contributed by atoms with van der Waals surface area (Å²) in [5, 5.41) is 17.7. The molecule has 1 aromatic carbocycles. The summed E-state index contributed by atoms with van der Waals surface area (Å²) in [7, 11) is 0. The van der Waals surface area contributed by atoms with E-state index >= 15 is 0 Å². The molecule has 0 spiro atoms. The number of halogens is 3. The number of alkyl halides is 3. The number of nitriles is 1. The van der Waals surface area contributed by atoms with Crippen LogP contribution in [0.1, 0.15) is 67.8 Å². The molecule has 1 aromatic heterocycles. The van der Waals surface area contributed by atoms with Crippen LogP contribution in [0.2, 0.25) is 0 Å². The van der Waals surface area contributed by atoms with Gasteiger partial charge in [0.15, 0.2) is 0 Å². The normalized spacial score (nSPS) is 21.3. The van der Waals surface area contributed by atoms with Crippen molar-refractivity contribution in [3.05, 3.63) is 41.6 Å². The fraction of sp³-hybridized carbons (Fsp3) is 0.522. The van der Waals surface area contributed by atoms with Gasteiger partial charge in [0.05, 0.1) is 29.5 Å². The average Bonchev–Trinajstić information content (AvgIpc) is 3.40. The molecule has 2 aliphatic carbocycles. The predicted octanol–water partition coefficient (Wildman–Crippen LogP) is 5.30. The minimum absolute atomic E-state index is 0.125. The number of aromatic nitrogens is 2. The van der Waals surface area contributed by atoms with Crippen LogP contribution in [0.15, 0.2) is 30.5 Å². The number of nitrogens with zero attached hydrogens (tertiary/aromatic N) is 2. The lowest BCUT2D eigenvalue weighted by Gasteiger charge is -2.29. The van der Waals surface area contributed by atoms with Crippen molar-refractivity contribution in [1.29, 1.82) is 5.26 Å². The Hall–Kier alpha value is -3.06. The first-order chi connectivity index (χ1) is 15.7. The second kappa shape index (κ2) is 10.3. The quantitative estimate of drug-likeness (QED) is 0.538. The number of nitrogens with one attached hydrogen (secondary N) is 2. The van der Waals surface area contributed by atoms with Gasteiger partial charge >= 0.3 is 6.18 Å². The molecular weight excluding hydrogens is 435 g/mol. The molecule has 7 nitrogen and oxygen atoms in total. The Bertz CT molecular complexity index is 977. The molecule has 10 heteroatoms. The number of anilines is 2. The number of H-pyrrole nitrogens is 1. The zero-order valence-electron chi connectivity index (χ0n) is 18.4. The number of ether oxygens (including phenoxy) is 1. The number of carbonyl (C=O) groups is 1. The zero-order valence-corrected chi connectivity index (χ0v) is 18.4. The van der Waals surface area contributed by atoms with E-state index in [1.54, 1.807) is 0 Å². The van der Waals surface area contributed by atoms with E-state index in [0.717, 1.165) is 31.4 Å². The number of hydrogen-bond donors (Lipinski definition) is 3. The summed E-state index contributed by atoms with van der Waals surface area (Å²) in [5.41, 5.74) is 5.08. The second-order valence-corrected chi connectivity index (χ2v) is 8.49. The van der Waals surface area contributed by atoms with Crippen molar-refractivity contribution in [2.24, 2.45) is 11.7 Å². The minimum atomic E-state index is -4.38. The van der Waals surface area contributed by atoms with Gasteiger partial charge in [-0.15, -0.1) is 0 Å². The topological polar surface area (TPSA) is 117 Å². The van der Waals surface area contributed by atoms with Gasteiger partial charge in [-0.1, -0.05) is 6.92 Å². The molecule has 2 fully saturated rings. The predicted molar refractivity (Wildman–Crippen MR) is 117 cm³/mol. The monoisotopic (exact) mass is 463 g/mol. The highest BCUT2D eigenvalue weighted by atomic mass is 19.4. The van der Waals surface area contributed by atoms with Crippen LogP contribution in [0.4, 0.5) is 24.7 Å². The Labute approximate surface area is 190 Å². The number of benzene rings is 1. The number of carbonyl (C=O) groups excluding carboxylic acids is 1. The van der Waals surface area contributed by atoms with Gasteiger partial charge in [0.2, 0.25) is 0 Å². The molecule has 4 N–H and O–H groups in total. The highest BCUT2D eigenvalue weighted by Gasteiger charge is 2.44. The Kier molecular flexibility index (Phi) is 7.64. The van der Waals surface area contributed by atoms with Gasteiger partial charge < -0.3 is 15.8 Å². The summed E-state index contributed by atoms with van der Waals surface area (Å²) < 4.78 is 43.2. The van der Waals surface area contributed by atoms with E-state index < -0.39 is 17.6 Å². The van der Waals surface area contributed by atoms with Crippen molar-refractivity contribution in [3.8, 4) is 6.07 Å². The van der Waals surface area contributed by atoms with Gasteiger partial charge in [-0.25, -0.2) is 0 Å². The Balaban J connectivity index is 0.000000194. The van der Waals surface area contributed by atoms with Gasteiger partial charge in [0, 0.05) is 11.6 Å². The highest BCUT2D eigenvalue weighted by Crippen LogP contribution is 2.45. The van der Waals surface area contributed by atoms with Crippen LogP contribution in [0.25, 0.3) is 0 Å². The van der Waals surface area contributed by atoms with Crippen LogP contribution in [0.5, 0.6) is 0 Å². The zero-order chi connectivity index (χ0) is 24.1. The summed E-state index contributed by atoms with van der Waals surface area (Å²) in [5.74, 6) is -0.211. The molecule has 0 radical (unpaired) electrons. The summed E-state index contributed by atoms with van der Waals surface area (Å²) >= 11 is 0. The van der Waals surface area contributed by atoms with Gasteiger partial charge in [0.1, 0.15) is 11.4 Å². The van der Waals surface area contributed by atoms with E-state index in [-0.39, 0.29) is 22.9 Å². The maximum Gasteiger partial charge on any atom is 0.416 e. The van der Waals surface area contributed by atoms with Crippen molar-refractivity contribution in [2.45, 2.75) is 69.8 Å². The Morgan fingerprint density at radius 1 is 1.33 bits per heavy atom. The third-order valence-electron chi connectivity index (χ3n) is 6.06. The van der Waals surface area contributed by atoms with Crippen molar-refractivity contribution < 1.29 is 22.7 Å². The first kappa shape index (κ1) is 24.6. The molecule has 1 amide bonds. The first-order valence-electron chi connectivity index (χ1n) is 11.0. The largest absolute Gasteiger partial charge is 0.416 e. The molecule has 0 aliphatic heterocycles. The number of hydrogen-bond acceptors (Lipinski definition) is 5. The molecule has 1 heterocycles. The lowest BCUT2D eigenvalue weighted by molar-refractivity contribution is -0.137. The summed E-state index contributed by atoms with van der Waals surface area (Å²) in [6.45, 7) is 2.21. The lowest BCUT2D eigenvalue weighted by Crippen LogP contribution is -2.28. The number of aromatic amines is 1. The van der Waals surface area contributed by atoms with Crippen molar-refractivity contribution >= 4 is 17.4 Å². The third-order valence-corrected chi connectivity index (χ3v) is 6.06. The molecule has 2 aliphatic rings. The Morgan fingerprint density at radius 3 is 2.58 bits per heavy atom. The number of nitrogens with two attached hydrogens (primary N) is 1. The van der Waals surface area contributed by atoms with Crippen LogP contribution in [0, 0.1) is 17.2 Å². The standard InChI is InChI=1S/C12H19NO.C11H9F3N4O/c1-2-12(6-7-12)14-11-5-3-4-10(8-11)9-13;12-11(13,14)6-1-3-7(4-2-6)17-10-8(9(15)19)5-16-18-10/h10-11H,2-8H2,1H3;1-5H,(H2,15,19)(H2,16,17,18). The van der Waals surface area contributed by atoms with E-state index in [4.69, 9.17) is 15.7 Å². The number of amides is 1. The van der Waals surface area contributed by atoms with Crippen LogP contribution in [0.3, 0.4) is 0 Å². The maximum atomic E-state index is 12.4. The Morgan fingerprint density at radius 2 is 2.03 bits per heavy atom. The van der Waals surface area contributed by atoms with Crippen molar-refractivity contribution in [3.63, 3.8) is 0 Å². The fourth-order valence-electron chi connectivity index (χ4n) is 3.87. The third kappa shape index (κ3) is 6.71. The minimum Gasteiger partial charge on any atom is -0.372 e. The van der Waals surface area contributed by atoms with Crippen molar-refractivity contribution in [1.82, 2.24) is 10.2 Å². The molecule has 4 rings (SSSR count). The number of primary amides is 1.